The van der Waals surface area contributed by atoms with E-state index in [1.807, 2.05) is 20.0 Å². The summed E-state index contributed by atoms with van der Waals surface area (Å²) >= 11 is 0. The lowest BCUT2D eigenvalue weighted by Gasteiger charge is -2.25. The predicted octanol–water partition coefficient (Wildman–Crippen LogP) is 2.19. The summed E-state index contributed by atoms with van der Waals surface area (Å²) < 4.78 is 5.68. The summed E-state index contributed by atoms with van der Waals surface area (Å²) in [5.74, 6) is 0.908. The Hall–Kier alpha value is -1.55. The molecule has 0 bridgehead atoms. The highest BCUT2D eigenvalue weighted by molar-refractivity contribution is 5.75. The van der Waals surface area contributed by atoms with Crippen molar-refractivity contribution in [1.82, 2.24) is 10.6 Å². The summed E-state index contributed by atoms with van der Waals surface area (Å²) in [4.78, 5) is 11.3. The van der Waals surface area contributed by atoms with Crippen LogP contribution in [0.5, 0.6) is 5.75 Å². The number of amides is 1. The molecule has 0 aromatic heterocycles. The molecule has 4 heteroatoms. The summed E-state index contributed by atoms with van der Waals surface area (Å²) in [6.07, 6.45) is 3.92. The first-order valence-corrected chi connectivity index (χ1v) is 7.44. The van der Waals surface area contributed by atoms with Gasteiger partial charge in [0.1, 0.15) is 5.75 Å². The molecule has 0 fully saturated rings. The molecule has 1 amide bonds. The third kappa shape index (κ3) is 3.73. The van der Waals surface area contributed by atoms with Crippen molar-refractivity contribution in [1.29, 1.82) is 0 Å². The van der Waals surface area contributed by atoms with E-state index in [-0.39, 0.29) is 5.91 Å². The molecule has 1 atom stereocenters. The highest BCUT2D eigenvalue weighted by Gasteiger charge is 2.18. The van der Waals surface area contributed by atoms with Gasteiger partial charge in [-0.05, 0) is 56.5 Å². The van der Waals surface area contributed by atoms with E-state index in [0.717, 1.165) is 12.2 Å². The van der Waals surface area contributed by atoms with Crippen LogP contribution in [0.3, 0.4) is 0 Å². The number of rotatable bonds is 6. The minimum Gasteiger partial charge on any atom is -0.493 e. The van der Waals surface area contributed by atoms with Crippen LogP contribution in [-0.2, 0) is 11.2 Å². The molecular formula is C16H24N2O2. The molecule has 0 heterocycles. The average Bonchev–Trinajstić information content (AvgIpc) is 2.46. The fourth-order valence-corrected chi connectivity index (χ4v) is 2.73. The lowest BCUT2D eigenvalue weighted by molar-refractivity contribution is -0.121. The topological polar surface area (TPSA) is 50.4 Å². The van der Waals surface area contributed by atoms with Gasteiger partial charge in [-0.2, -0.15) is 0 Å². The van der Waals surface area contributed by atoms with E-state index in [1.54, 1.807) is 0 Å². The molecule has 2 rings (SSSR count). The van der Waals surface area contributed by atoms with E-state index in [9.17, 15) is 4.79 Å². The molecule has 0 aliphatic heterocycles. The maximum absolute atomic E-state index is 11.3. The first-order valence-electron chi connectivity index (χ1n) is 7.44. The highest BCUT2D eigenvalue weighted by Crippen LogP contribution is 2.31. The normalized spacial score (nSPS) is 17.4. The number of carbonyl (C=O) groups is 1. The Balaban J connectivity index is 1.92. The number of benzene rings is 1. The number of carbonyl (C=O) groups excluding carboxylic acids is 1. The van der Waals surface area contributed by atoms with E-state index in [0.29, 0.717) is 25.6 Å². The van der Waals surface area contributed by atoms with Crippen molar-refractivity contribution in [3.63, 3.8) is 0 Å². The Morgan fingerprint density at radius 1 is 1.45 bits per heavy atom. The van der Waals surface area contributed by atoms with Crippen LogP contribution in [0.4, 0.5) is 0 Å². The van der Waals surface area contributed by atoms with Crippen molar-refractivity contribution < 1.29 is 9.53 Å². The summed E-state index contributed by atoms with van der Waals surface area (Å²) in [5.41, 5.74) is 2.75. The quantitative estimate of drug-likeness (QED) is 0.837. The molecule has 4 nitrogen and oxygen atoms in total. The van der Waals surface area contributed by atoms with Gasteiger partial charge >= 0.3 is 0 Å². The van der Waals surface area contributed by atoms with Crippen LogP contribution in [0.15, 0.2) is 18.2 Å². The van der Waals surface area contributed by atoms with Crippen molar-refractivity contribution >= 4 is 5.91 Å². The first kappa shape index (κ1) is 14.9. The van der Waals surface area contributed by atoms with E-state index >= 15 is 0 Å². The molecule has 110 valence electrons. The summed E-state index contributed by atoms with van der Waals surface area (Å²) in [5, 5.41) is 6.13. The van der Waals surface area contributed by atoms with Crippen LogP contribution in [0.1, 0.15) is 43.4 Å². The van der Waals surface area contributed by atoms with Gasteiger partial charge in [0, 0.05) is 12.6 Å². The Labute approximate surface area is 120 Å². The van der Waals surface area contributed by atoms with Crippen LogP contribution in [0, 0.1) is 0 Å². The van der Waals surface area contributed by atoms with Crippen LogP contribution in [0.25, 0.3) is 0 Å². The van der Waals surface area contributed by atoms with Crippen LogP contribution in [0.2, 0.25) is 0 Å². The minimum absolute atomic E-state index is 0.0423. The van der Waals surface area contributed by atoms with Crippen LogP contribution in [-0.4, -0.2) is 26.1 Å². The van der Waals surface area contributed by atoms with Crippen molar-refractivity contribution in [2.45, 2.75) is 38.6 Å². The molecule has 1 unspecified atom stereocenters. The zero-order chi connectivity index (χ0) is 14.4. The second-order valence-corrected chi connectivity index (χ2v) is 5.15. The third-order valence-electron chi connectivity index (χ3n) is 3.75. The van der Waals surface area contributed by atoms with Gasteiger partial charge in [0.2, 0.25) is 5.91 Å². The molecule has 0 spiro atoms. The lowest BCUT2D eigenvalue weighted by atomic mass is 9.87. The Morgan fingerprint density at radius 2 is 2.30 bits per heavy atom. The number of hydrogen-bond donors (Lipinski definition) is 2. The Morgan fingerprint density at radius 3 is 3.05 bits per heavy atom. The van der Waals surface area contributed by atoms with E-state index < -0.39 is 0 Å². The molecule has 1 aliphatic rings. The number of hydrogen-bond acceptors (Lipinski definition) is 3. The molecule has 0 saturated heterocycles. The molecular weight excluding hydrogens is 252 g/mol. The summed E-state index contributed by atoms with van der Waals surface area (Å²) in [7, 11) is 2.01. The van der Waals surface area contributed by atoms with Gasteiger partial charge in [0.05, 0.1) is 13.0 Å². The standard InChI is InChI=1S/C16H24N2O2/c1-3-18-16(19)9-10-20-13-7-8-14-12(11-13)5-4-6-15(14)17-2/h7-8,11,15,17H,3-6,9-10H2,1-2H3,(H,18,19). The minimum atomic E-state index is 0.0423. The maximum Gasteiger partial charge on any atom is 0.223 e. The number of fused-ring (bicyclic) bond motifs is 1. The van der Waals surface area contributed by atoms with Crippen LogP contribution < -0.4 is 15.4 Å². The maximum atomic E-state index is 11.3. The fraction of sp³-hybridized carbons (Fsp3) is 0.562. The van der Waals surface area contributed by atoms with E-state index in [4.69, 9.17) is 4.74 Å². The highest BCUT2D eigenvalue weighted by atomic mass is 16.5. The molecule has 20 heavy (non-hydrogen) atoms. The number of ether oxygens (including phenoxy) is 1. The van der Waals surface area contributed by atoms with E-state index in [2.05, 4.69) is 22.8 Å². The molecule has 2 N–H and O–H groups in total. The van der Waals surface area contributed by atoms with Crippen molar-refractivity contribution in [3.8, 4) is 5.75 Å². The lowest BCUT2D eigenvalue weighted by Crippen LogP contribution is -2.24. The van der Waals surface area contributed by atoms with Crippen molar-refractivity contribution in [2.24, 2.45) is 0 Å². The zero-order valence-electron chi connectivity index (χ0n) is 12.4. The monoisotopic (exact) mass is 276 g/mol. The largest absolute Gasteiger partial charge is 0.493 e. The Kier molecular flexibility index (Phi) is 5.41. The number of aryl methyl sites for hydroxylation is 1. The summed E-state index contributed by atoms with van der Waals surface area (Å²) in [6.45, 7) is 3.02. The van der Waals surface area contributed by atoms with Crippen molar-refractivity contribution in [3.05, 3.63) is 29.3 Å². The average molecular weight is 276 g/mol. The predicted molar refractivity (Wildman–Crippen MR) is 80.0 cm³/mol. The third-order valence-corrected chi connectivity index (χ3v) is 3.75. The van der Waals surface area contributed by atoms with Crippen molar-refractivity contribution in [2.75, 3.05) is 20.2 Å². The second-order valence-electron chi connectivity index (χ2n) is 5.15. The molecule has 0 saturated carbocycles. The van der Waals surface area contributed by atoms with Gasteiger partial charge in [-0.15, -0.1) is 0 Å². The second kappa shape index (κ2) is 7.29. The first-order chi connectivity index (χ1) is 9.74. The van der Waals surface area contributed by atoms with Gasteiger partial charge in [-0.1, -0.05) is 6.07 Å². The Bertz CT molecular complexity index is 460. The molecule has 1 aliphatic carbocycles. The fourth-order valence-electron chi connectivity index (χ4n) is 2.73. The van der Waals surface area contributed by atoms with E-state index in [1.165, 1.54) is 24.0 Å². The van der Waals surface area contributed by atoms with Gasteiger partial charge in [0.15, 0.2) is 0 Å². The molecule has 1 aromatic rings. The van der Waals surface area contributed by atoms with Gasteiger partial charge in [0.25, 0.3) is 0 Å². The van der Waals surface area contributed by atoms with Crippen LogP contribution >= 0.6 is 0 Å². The zero-order valence-corrected chi connectivity index (χ0v) is 12.4. The molecule has 0 radical (unpaired) electrons. The molecule has 1 aromatic carbocycles. The smallest absolute Gasteiger partial charge is 0.223 e. The number of nitrogens with one attached hydrogen (secondary N) is 2. The van der Waals surface area contributed by atoms with Gasteiger partial charge < -0.3 is 15.4 Å². The van der Waals surface area contributed by atoms with Gasteiger partial charge in [-0.3, -0.25) is 4.79 Å². The SMILES string of the molecule is CCNC(=O)CCOc1ccc2c(c1)CCCC2NC. The summed E-state index contributed by atoms with van der Waals surface area (Å²) in [6, 6.07) is 6.74. The van der Waals surface area contributed by atoms with Gasteiger partial charge in [-0.25, -0.2) is 0 Å².